The summed E-state index contributed by atoms with van der Waals surface area (Å²) in [6, 6.07) is 0. The minimum Gasteiger partial charge on any atom is -0.0648 e. The Morgan fingerprint density at radius 3 is 1.44 bits per heavy atom. The molecular weight excluding hydrogens is 108 g/mol. The fraction of sp³-hybridized carbons (Fsp3) is 0.889. The lowest BCUT2D eigenvalue weighted by molar-refractivity contribution is 0.159. The molecule has 0 nitrogen and oxygen atoms in total. The van der Waals surface area contributed by atoms with Gasteiger partial charge in [0, 0.05) is 0 Å². The van der Waals surface area contributed by atoms with Crippen molar-refractivity contribution >= 4 is 0 Å². The molecule has 0 heterocycles. The van der Waals surface area contributed by atoms with E-state index in [2.05, 4.69) is 41.5 Å². The molecule has 0 rings (SSSR count). The van der Waals surface area contributed by atoms with E-state index in [0.29, 0.717) is 5.41 Å². The van der Waals surface area contributed by atoms with E-state index in [0.717, 1.165) is 6.42 Å². The Kier molecular flexibility index (Phi) is 2.32. The zero-order chi connectivity index (χ0) is 7.71. The Morgan fingerprint density at radius 1 is 1.11 bits per heavy atom. The maximum absolute atomic E-state index is 4.16. The second-order valence-corrected chi connectivity index (χ2v) is 4.16. The summed E-state index contributed by atoms with van der Waals surface area (Å²) in [4.78, 5) is 0. The van der Waals surface area contributed by atoms with Crippen LogP contribution in [0.5, 0.6) is 0 Å². The first kappa shape index (κ1) is 9.00. The van der Waals surface area contributed by atoms with Crippen LogP contribution in [0.25, 0.3) is 0 Å². The fourth-order valence-electron chi connectivity index (χ4n) is 0.530. The van der Waals surface area contributed by atoms with Crippen LogP contribution in [0.4, 0.5) is 0 Å². The topological polar surface area (TPSA) is 0 Å². The molecule has 0 aliphatic carbocycles. The molecule has 1 radical (unpaired) electrons. The normalized spacial score (nSPS) is 14.0. The molecule has 0 saturated carbocycles. The van der Waals surface area contributed by atoms with Gasteiger partial charge in [-0.3, -0.25) is 0 Å². The van der Waals surface area contributed by atoms with Crippen LogP contribution in [0.1, 0.15) is 41.0 Å². The van der Waals surface area contributed by atoms with E-state index in [1.807, 2.05) is 0 Å². The Labute approximate surface area is 59.7 Å². The predicted octanol–water partition coefficient (Wildman–Crippen LogP) is 3.28. The number of rotatable bonds is 1. The van der Waals surface area contributed by atoms with Gasteiger partial charge in [0.05, 0.1) is 0 Å². The van der Waals surface area contributed by atoms with Gasteiger partial charge < -0.3 is 0 Å². The standard InChI is InChI=1S/C9H19/c1-7-9(5,6)8(2,3)4/h5,7H2,1-4,6H3. The van der Waals surface area contributed by atoms with Gasteiger partial charge in [-0.1, -0.05) is 41.0 Å². The molecule has 0 heteroatoms. The quantitative estimate of drug-likeness (QED) is 0.507. The molecule has 0 amide bonds. The second kappa shape index (κ2) is 2.32. The molecule has 0 bridgehead atoms. The van der Waals surface area contributed by atoms with E-state index < -0.39 is 0 Å². The van der Waals surface area contributed by atoms with Crippen LogP contribution in [0.15, 0.2) is 0 Å². The minimum absolute atomic E-state index is 0.229. The summed E-state index contributed by atoms with van der Waals surface area (Å²) < 4.78 is 0. The third-order valence-corrected chi connectivity index (χ3v) is 2.59. The molecule has 0 aliphatic heterocycles. The van der Waals surface area contributed by atoms with Crippen LogP contribution in [0.2, 0.25) is 0 Å². The van der Waals surface area contributed by atoms with E-state index in [1.54, 1.807) is 0 Å². The zero-order valence-corrected chi connectivity index (χ0v) is 7.41. The third kappa shape index (κ3) is 2.00. The van der Waals surface area contributed by atoms with Gasteiger partial charge in [0.2, 0.25) is 0 Å². The highest BCUT2D eigenvalue weighted by atomic mass is 14.3. The molecule has 0 N–H and O–H groups in total. The predicted molar refractivity (Wildman–Crippen MR) is 43.2 cm³/mol. The van der Waals surface area contributed by atoms with Crippen molar-refractivity contribution in [2.45, 2.75) is 41.0 Å². The highest BCUT2D eigenvalue weighted by molar-refractivity contribution is 4.86. The molecular formula is C9H19. The van der Waals surface area contributed by atoms with Crippen molar-refractivity contribution in [3.05, 3.63) is 6.92 Å². The lowest BCUT2D eigenvalue weighted by Gasteiger charge is -2.37. The Hall–Kier alpha value is 0. The maximum Gasteiger partial charge on any atom is -0.0280 e. The van der Waals surface area contributed by atoms with Gasteiger partial charge >= 0.3 is 0 Å². The summed E-state index contributed by atoms with van der Waals surface area (Å²) in [5.74, 6) is 0. The van der Waals surface area contributed by atoms with Gasteiger partial charge in [0.25, 0.3) is 0 Å². The van der Waals surface area contributed by atoms with Gasteiger partial charge in [0.1, 0.15) is 0 Å². The van der Waals surface area contributed by atoms with E-state index in [4.69, 9.17) is 0 Å². The van der Waals surface area contributed by atoms with Crippen molar-refractivity contribution < 1.29 is 0 Å². The molecule has 0 aliphatic rings. The monoisotopic (exact) mass is 127 g/mol. The van der Waals surface area contributed by atoms with Gasteiger partial charge in [-0.25, -0.2) is 0 Å². The number of hydrogen-bond acceptors (Lipinski definition) is 0. The first-order valence-corrected chi connectivity index (χ1v) is 3.66. The highest BCUT2D eigenvalue weighted by Crippen LogP contribution is 2.39. The Balaban J connectivity index is 4.14. The minimum atomic E-state index is 0.229. The lowest BCUT2D eigenvalue weighted by atomic mass is 9.68. The van der Waals surface area contributed by atoms with E-state index >= 15 is 0 Å². The van der Waals surface area contributed by atoms with Crippen molar-refractivity contribution in [1.29, 1.82) is 0 Å². The van der Waals surface area contributed by atoms with Crippen LogP contribution < -0.4 is 0 Å². The molecule has 0 saturated heterocycles. The first-order valence-electron chi connectivity index (χ1n) is 3.66. The largest absolute Gasteiger partial charge is 0.0648 e. The second-order valence-electron chi connectivity index (χ2n) is 4.16. The molecule has 0 aromatic carbocycles. The average molecular weight is 127 g/mol. The van der Waals surface area contributed by atoms with Crippen molar-refractivity contribution in [1.82, 2.24) is 0 Å². The molecule has 9 heavy (non-hydrogen) atoms. The summed E-state index contributed by atoms with van der Waals surface area (Å²) in [5.41, 5.74) is 0.564. The van der Waals surface area contributed by atoms with E-state index in [-0.39, 0.29) is 5.41 Å². The van der Waals surface area contributed by atoms with E-state index in [1.165, 1.54) is 0 Å². The molecule has 1 atom stereocenters. The summed E-state index contributed by atoms with van der Waals surface area (Å²) in [7, 11) is 0. The van der Waals surface area contributed by atoms with Crippen LogP contribution >= 0.6 is 0 Å². The SMILES string of the molecule is [CH2]C(C)(CC)C(C)(C)C. The third-order valence-electron chi connectivity index (χ3n) is 2.59. The van der Waals surface area contributed by atoms with Gasteiger partial charge in [-0.15, -0.1) is 0 Å². The molecule has 0 aromatic rings. The summed E-state index contributed by atoms with van der Waals surface area (Å²) in [6.07, 6.45) is 1.15. The molecule has 1 unspecified atom stereocenters. The maximum atomic E-state index is 4.16. The smallest absolute Gasteiger partial charge is 0.0280 e. The van der Waals surface area contributed by atoms with Crippen molar-refractivity contribution in [3.63, 3.8) is 0 Å². The lowest BCUT2D eigenvalue weighted by Crippen LogP contribution is -2.28. The van der Waals surface area contributed by atoms with Crippen molar-refractivity contribution in [3.8, 4) is 0 Å². The zero-order valence-electron chi connectivity index (χ0n) is 7.41. The van der Waals surface area contributed by atoms with Gasteiger partial charge in [-0.2, -0.15) is 0 Å². The van der Waals surface area contributed by atoms with Crippen molar-refractivity contribution in [2.75, 3.05) is 0 Å². The van der Waals surface area contributed by atoms with Crippen molar-refractivity contribution in [2.24, 2.45) is 10.8 Å². The molecule has 0 spiro atoms. The molecule has 0 fully saturated rings. The number of hydrogen-bond donors (Lipinski definition) is 0. The summed E-state index contributed by atoms with van der Waals surface area (Å²) in [5, 5.41) is 0. The van der Waals surface area contributed by atoms with Crippen LogP contribution in [0.3, 0.4) is 0 Å². The van der Waals surface area contributed by atoms with Gasteiger partial charge in [-0.05, 0) is 17.8 Å². The highest BCUT2D eigenvalue weighted by Gasteiger charge is 2.30. The van der Waals surface area contributed by atoms with Crippen LogP contribution in [0, 0.1) is 17.8 Å². The average Bonchev–Trinajstić information content (AvgIpc) is 1.64. The summed E-state index contributed by atoms with van der Waals surface area (Å²) >= 11 is 0. The Bertz CT molecular complexity index is 82.7. The van der Waals surface area contributed by atoms with Crippen LogP contribution in [-0.2, 0) is 0 Å². The van der Waals surface area contributed by atoms with Gasteiger partial charge in [0.15, 0.2) is 0 Å². The summed E-state index contributed by atoms with van der Waals surface area (Å²) in [6.45, 7) is 15.3. The van der Waals surface area contributed by atoms with E-state index in [9.17, 15) is 0 Å². The Morgan fingerprint density at radius 2 is 1.44 bits per heavy atom. The molecule has 0 aromatic heterocycles. The molecule has 55 valence electrons. The first-order chi connectivity index (χ1) is 3.81. The fourth-order valence-corrected chi connectivity index (χ4v) is 0.530. The van der Waals surface area contributed by atoms with Crippen LogP contribution in [-0.4, -0.2) is 0 Å².